The fourth-order valence-electron chi connectivity index (χ4n) is 12.0. The van der Waals surface area contributed by atoms with Gasteiger partial charge < -0.3 is 122 Å². The second kappa shape index (κ2) is 48.4. The number of ether oxygens (including phenoxy) is 1. The molecule has 4 rings (SSSR count). The minimum absolute atomic E-state index is 0.0185. The summed E-state index contributed by atoms with van der Waals surface area (Å²) in [5.41, 5.74) is 18.1. The number of Topliss-reactive ketones (excluding diaryl/α,β-unsaturated/α-hetero) is 1. The van der Waals surface area contributed by atoms with E-state index in [1.54, 1.807) is 30.5 Å². The van der Waals surface area contributed by atoms with Gasteiger partial charge in [0.05, 0.1) is 51.8 Å². The molecule has 0 unspecified atom stereocenters. The number of aromatic amines is 1. The van der Waals surface area contributed by atoms with Gasteiger partial charge in [0.15, 0.2) is 5.78 Å². The summed E-state index contributed by atoms with van der Waals surface area (Å²) in [6.07, 6.45) is -2.69. The number of benzene rings is 2. The lowest BCUT2D eigenvalue weighted by Gasteiger charge is -2.30. The van der Waals surface area contributed by atoms with Crippen molar-refractivity contribution in [1.82, 2.24) is 74.1 Å². The molecule has 1 aromatic heterocycles. The molecule has 14 amide bonds. The van der Waals surface area contributed by atoms with E-state index in [4.69, 9.17) is 21.9 Å². The van der Waals surface area contributed by atoms with Gasteiger partial charge in [-0.05, 0) is 68.8 Å². The van der Waals surface area contributed by atoms with Crippen LogP contribution in [0.15, 0.2) is 54.7 Å². The van der Waals surface area contributed by atoms with Crippen molar-refractivity contribution in [2.75, 3.05) is 32.0 Å². The maximum atomic E-state index is 14.9. The topological polar surface area (TPSA) is 702 Å². The van der Waals surface area contributed by atoms with E-state index >= 15 is 0 Å². The molecule has 0 aliphatic carbocycles. The highest BCUT2D eigenvalue weighted by Crippen LogP contribution is 2.22. The van der Waals surface area contributed by atoms with Crippen LogP contribution < -0.4 is 86.3 Å². The summed E-state index contributed by atoms with van der Waals surface area (Å²) in [5.74, 6) is -29.6. The van der Waals surface area contributed by atoms with Crippen LogP contribution in [0.5, 0.6) is 0 Å². The Morgan fingerprint density at radius 2 is 1.07 bits per heavy atom. The molecule has 3 aromatic rings. The van der Waals surface area contributed by atoms with Gasteiger partial charge in [-0.3, -0.25) is 91.1 Å². The van der Waals surface area contributed by atoms with Crippen LogP contribution in [0.2, 0.25) is 0 Å². The predicted octanol–water partition coefficient (Wildman–Crippen LogP) is -5.23. The molecule has 1 fully saturated rings. The summed E-state index contributed by atoms with van der Waals surface area (Å²) in [6, 6.07) is -10.5. The average molecular weight is 1630 g/mol. The molecule has 2 heterocycles. The van der Waals surface area contributed by atoms with E-state index in [1.165, 1.54) is 31.2 Å². The number of carbonyl (C=O) groups is 20. The summed E-state index contributed by atoms with van der Waals surface area (Å²) < 4.78 is 5.69. The number of carboxylic acids is 4. The van der Waals surface area contributed by atoms with Crippen LogP contribution in [-0.2, 0) is 102 Å². The van der Waals surface area contributed by atoms with E-state index in [2.05, 4.69) is 70.4 Å². The van der Waals surface area contributed by atoms with E-state index in [0.29, 0.717) is 29.3 Å². The fourth-order valence-corrected chi connectivity index (χ4v) is 12.0. The second-order valence-corrected chi connectivity index (χ2v) is 27.5. The molecule has 1 aliphatic rings. The molecule has 116 heavy (non-hydrogen) atoms. The lowest BCUT2D eigenvalue weighted by atomic mass is 9.96. The first-order valence-electron chi connectivity index (χ1n) is 37.4. The number of amides is 14. The zero-order valence-electron chi connectivity index (χ0n) is 64.3. The molecule has 0 spiro atoms. The van der Waals surface area contributed by atoms with Gasteiger partial charge in [-0.1, -0.05) is 89.6 Å². The summed E-state index contributed by atoms with van der Waals surface area (Å²) in [5, 5.41) is 79.0. The molecule has 2 aromatic carbocycles. The third kappa shape index (κ3) is 32.4. The molecule has 0 saturated carbocycles. The monoisotopic (exact) mass is 1630 g/mol. The number of carboxylic acid groups (broad SMARTS) is 4. The summed E-state index contributed by atoms with van der Waals surface area (Å²) >= 11 is 0. The first-order valence-corrected chi connectivity index (χ1v) is 37.4. The largest absolute Gasteiger partial charge is 0.481 e. The molecule has 1 aliphatic heterocycles. The Morgan fingerprint density at radius 3 is 1.66 bits per heavy atom. The normalized spacial score (nSPS) is 21.1. The predicted molar refractivity (Wildman–Crippen MR) is 405 cm³/mol. The number of esters is 1. The van der Waals surface area contributed by atoms with Gasteiger partial charge >= 0.3 is 29.8 Å². The fraction of sp³-hybridized carbons (Fsp3) is 0.534. The minimum Gasteiger partial charge on any atom is -0.481 e. The number of cyclic esters (lactones) is 1. The number of fused-ring (bicyclic) bond motifs is 1. The quantitative estimate of drug-likeness (QED) is 0.0112. The van der Waals surface area contributed by atoms with E-state index in [1.807, 2.05) is 10.6 Å². The number of hydrogen-bond acceptors (Lipinski definition) is 24. The summed E-state index contributed by atoms with van der Waals surface area (Å²) in [7, 11) is 0. The van der Waals surface area contributed by atoms with Crippen molar-refractivity contribution < 1.29 is 126 Å². The number of aliphatic carboxylic acids is 4. The lowest BCUT2D eigenvalue weighted by molar-refractivity contribution is -0.156. The molecular weight excluding hydrogens is 1530 g/mol. The third-order valence-electron chi connectivity index (χ3n) is 18.2. The third-order valence-corrected chi connectivity index (χ3v) is 18.2. The SMILES string of the molecule is CCCCCCCCCC(=O)N[C@@H](Cc1c[nH]c2ccccc12)C(=O)N[C@H](CC(N)=O)C(=O)N[C@@H](CC(=O)O)C(=O)N[C@@H]1C(=O)NCC(=O)N[C@@H](CCCN)C(=O)N[C@@H](CC(=O)O)C(=O)N[C@H](CC)C(=O)N[C@H](CC(=O)O)C(=O)NCC(=O)N[C@H](CO)C(=O)N[C@@H]([C@@H](C)CC(=O)O)C(=O)N[C@@H](CC(=O)c2ccccc2N)C(=O)O[C@@H]1C. The van der Waals surface area contributed by atoms with Gasteiger partial charge in [0.25, 0.3) is 0 Å². The molecule has 13 atom stereocenters. The van der Waals surface area contributed by atoms with Crippen molar-refractivity contribution in [3.63, 3.8) is 0 Å². The number of aliphatic hydroxyl groups is 1. The number of aliphatic hydroxyl groups excluding tert-OH is 1. The number of hydrogen-bond donors (Lipinski definition) is 22. The maximum Gasteiger partial charge on any atom is 0.329 e. The first kappa shape index (κ1) is 95.7. The van der Waals surface area contributed by atoms with E-state index in [9.17, 15) is 121 Å². The highest BCUT2D eigenvalue weighted by Gasteiger charge is 2.41. The number of nitrogens with one attached hydrogen (secondary N) is 14. The Labute approximate surface area is 663 Å². The highest BCUT2D eigenvalue weighted by atomic mass is 16.5. The van der Waals surface area contributed by atoms with Crippen molar-refractivity contribution in [2.45, 2.75) is 216 Å². The number of unbranched alkanes of at least 4 members (excludes halogenated alkanes) is 6. The molecule has 25 N–H and O–H groups in total. The highest BCUT2D eigenvalue weighted by molar-refractivity contribution is 6.05. The van der Waals surface area contributed by atoms with Gasteiger partial charge in [-0.25, -0.2) is 4.79 Å². The van der Waals surface area contributed by atoms with Crippen LogP contribution >= 0.6 is 0 Å². The Morgan fingerprint density at radius 1 is 0.543 bits per heavy atom. The van der Waals surface area contributed by atoms with Gasteiger partial charge in [0.2, 0.25) is 82.7 Å². The van der Waals surface area contributed by atoms with Crippen LogP contribution in [0.4, 0.5) is 5.69 Å². The van der Waals surface area contributed by atoms with Crippen LogP contribution in [0.3, 0.4) is 0 Å². The Hall–Kier alpha value is -12.7. The molecule has 0 bridgehead atoms. The van der Waals surface area contributed by atoms with Crippen LogP contribution in [-0.4, -0.2) is 248 Å². The minimum atomic E-state index is -2.45. The number of H-pyrrole nitrogens is 1. The second-order valence-electron chi connectivity index (χ2n) is 27.5. The van der Waals surface area contributed by atoms with Crippen LogP contribution in [0, 0.1) is 5.92 Å². The van der Waals surface area contributed by atoms with Gasteiger partial charge in [0.1, 0.15) is 72.6 Å². The van der Waals surface area contributed by atoms with Crippen molar-refractivity contribution >= 4 is 135 Å². The number of carbonyl (C=O) groups excluding carboxylic acids is 16. The van der Waals surface area contributed by atoms with Crippen LogP contribution in [0.1, 0.15) is 153 Å². The Bertz CT molecular complexity index is 4060. The van der Waals surface area contributed by atoms with Crippen molar-refractivity contribution in [1.29, 1.82) is 0 Å². The van der Waals surface area contributed by atoms with E-state index in [-0.39, 0.29) is 43.5 Å². The molecule has 636 valence electrons. The van der Waals surface area contributed by atoms with Gasteiger partial charge in [-0.15, -0.1) is 0 Å². The lowest BCUT2D eigenvalue weighted by Crippen LogP contribution is -2.62. The smallest absolute Gasteiger partial charge is 0.329 e. The van der Waals surface area contributed by atoms with Crippen molar-refractivity contribution in [3.05, 3.63) is 65.9 Å². The van der Waals surface area contributed by atoms with Crippen molar-refractivity contribution in [2.24, 2.45) is 17.4 Å². The number of para-hydroxylation sites is 2. The number of primary amides is 1. The Balaban J connectivity index is 1.88. The zero-order valence-corrected chi connectivity index (χ0v) is 64.3. The molecular formula is C73H103N17O26. The van der Waals surface area contributed by atoms with E-state index in [0.717, 1.165) is 46.0 Å². The Kier molecular flexibility index (Phi) is 39.9. The average Bonchev–Trinajstić information content (AvgIpc) is 1.72. The van der Waals surface area contributed by atoms with Gasteiger partial charge in [0, 0.05) is 47.6 Å². The number of nitrogen functional groups attached to an aromatic ring is 1. The number of aromatic nitrogens is 1. The molecule has 1 saturated heterocycles. The molecule has 43 nitrogen and oxygen atoms in total. The summed E-state index contributed by atoms with van der Waals surface area (Å²) in [6.45, 7) is 1.45. The number of ketones is 1. The van der Waals surface area contributed by atoms with Crippen molar-refractivity contribution in [3.8, 4) is 0 Å². The molecule has 43 heteroatoms. The first-order chi connectivity index (χ1) is 54.9. The number of anilines is 1. The van der Waals surface area contributed by atoms with E-state index < -0.39 is 261 Å². The van der Waals surface area contributed by atoms with Gasteiger partial charge in [-0.2, -0.15) is 0 Å². The number of rotatable bonds is 36. The molecule has 0 radical (unpaired) electrons. The zero-order chi connectivity index (χ0) is 86.5. The maximum absolute atomic E-state index is 14.9. The summed E-state index contributed by atoms with van der Waals surface area (Å²) in [4.78, 5) is 277. The van der Waals surface area contributed by atoms with Crippen LogP contribution in [0.25, 0.3) is 10.9 Å². The number of nitrogens with two attached hydrogens (primary N) is 3. The standard InChI is InChI=1S/C73H103N17O26/c1-5-7-8-9-10-11-12-23-54(94)81-45(26-38-32-77-43-21-16-14-18-39(38)43)66(108)84-46(28-53(76)93)67(109)87-49(31-60(103)104)69(111)90-62-37(4)116-73(115)50(27-52(92)40-19-13-15-20-41(40)75)88-72(114)61(36(3)25-57(97)98)89-70(112)51(35-91)82-56(96)33-78-63(105)47(29-58(99)100)85-64(106)42(6-2)83-68(110)48(30-59(101)102)86-65(107)44(22-17-24-74)80-55(95)34-79-71(62)113/h13-16,18-21,32,36-37,42,44-51,61-62,77,91H,5-12,17,22-31,33-35,74-75H2,1-4H3,(H2,76,93)(H,78,105)(H,79,113)(H,80,95)(H,81,94)(H,82,96)(H,83,110)(H,84,108)(H,85,106)(H,86,107)(H,87,109)(H,88,114)(H,89,112)(H,90,111)(H,97,98)(H,99,100)(H,101,102)(H,103,104)/t36-,37+,42+,44-,45-,46+,47+,48-,49-,50-,51+,61-,62-/m0/s1.